The van der Waals surface area contributed by atoms with Crippen LogP contribution >= 0.6 is 0 Å². The van der Waals surface area contributed by atoms with Gasteiger partial charge in [-0.2, -0.15) is 5.10 Å². The Morgan fingerprint density at radius 1 is 1.20 bits per heavy atom. The zero-order chi connectivity index (χ0) is 18.0. The first kappa shape index (κ1) is 16.8. The van der Waals surface area contributed by atoms with E-state index in [0.29, 0.717) is 11.1 Å². The van der Waals surface area contributed by atoms with E-state index in [4.69, 9.17) is 0 Å². The Bertz CT molecular complexity index is 919. The minimum absolute atomic E-state index is 0.260. The Morgan fingerprint density at radius 3 is 2.72 bits per heavy atom. The minimum atomic E-state index is -4.73. The number of halogens is 3. The Kier molecular flexibility index (Phi) is 4.35. The molecule has 0 fully saturated rings. The molecule has 0 radical (unpaired) electrons. The number of benzene rings is 2. The Morgan fingerprint density at radius 2 is 2.00 bits per heavy atom. The van der Waals surface area contributed by atoms with Crippen LogP contribution in [0.5, 0.6) is 5.75 Å². The topological polar surface area (TPSA) is 53.3 Å². The van der Waals surface area contributed by atoms with E-state index >= 15 is 0 Å². The summed E-state index contributed by atoms with van der Waals surface area (Å²) in [5, 5.41) is 4.95. The first-order valence-electron chi connectivity index (χ1n) is 7.24. The molecular formula is C17H13F3N2O3. The smallest absolute Gasteiger partial charge is 0.465 e. The second kappa shape index (κ2) is 6.46. The van der Waals surface area contributed by atoms with E-state index in [1.54, 1.807) is 35.1 Å². The van der Waals surface area contributed by atoms with Crippen molar-refractivity contribution in [3.8, 4) is 5.75 Å². The van der Waals surface area contributed by atoms with Crippen molar-refractivity contribution in [2.24, 2.45) is 0 Å². The van der Waals surface area contributed by atoms with Gasteiger partial charge in [-0.1, -0.05) is 12.1 Å². The van der Waals surface area contributed by atoms with Gasteiger partial charge < -0.3 is 9.47 Å². The van der Waals surface area contributed by atoms with Crippen LogP contribution in [0, 0.1) is 0 Å². The molecule has 0 atom stereocenters. The van der Waals surface area contributed by atoms with E-state index in [0.717, 1.165) is 10.9 Å². The summed E-state index contributed by atoms with van der Waals surface area (Å²) < 4.78 is 47.2. The van der Waals surface area contributed by atoms with E-state index in [1.165, 1.54) is 25.3 Å². The highest BCUT2D eigenvalue weighted by atomic mass is 19.4. The maximum atomic E-state index is 12.3. The number of nitrogens with zero attached hydrogens (tertiary/aromatic N) is 2. The van der Waals surface area contributed by atoms with Crippen LogP contribution < -0.4 is 4.74 Å². The number of carbonyl (C=O) groups excluding carboxylic acids is 1. The van der Waals surface area contributed by atoms with Crippen LogP contribution in [-0.4, -0.2) is 29.2 Å². The molecule has 0 unspecified atom stereocenters. The fraction of sp³-hybridized carbons (Fsp3) is 0.176. The number of hydrogen-bond donors (Lipinski definition) is 0. The van der Waals surface area contributed by atoms with Crippen LogP contribution in [0.2, 0.25) is 0 Å². The maximum Gasteiger partial charge on any atom is 0.573 e. The van der Waals surface area contributed by atoms with Gasteiger partial charge in [0, 0.05) is 5.39 Å². The number of hydrogen-bond acceptors (Lipinski definition) is 4. The molecule has 0 aliphatic rings. The van der Waals surface area contributed by atoms with Gasteiger partial charge in [-0.15, -0.1) is 13.2 Å². The minimum Gasteiger partial charge on any atom is -0.465 e. The van der Waals surface area contributed by atoms with E-state index in [1.807, 2.05) is 0 Å². The number of rotatable bonds is 4. The number of aromatic nitrogens is 2. The molecule has 3 rings (SSSR count). The van der Waals surface area contributed by atoms with Crippen molar-refractivity contribution in [2.75, 3.05) is 7.11 Å². The molecule has 0 spiro atoms. The van der Waals surface area contributed by atoms with Crippen LogP contribution in [0.1, 0.15) is 15.9 Å². The van der Waals surface area contributed by atoms with Gasteiger partial charge in [-0.3, -0.25) is 4.68 Å². The molecule has 0 aliphatic heterocycles. The van der Waals surface area contributed by atoms with Gasteiger partial charge in [-0.05, 0) is 35.9 Å². The summed E-state index contributed by atoms with van der Waals surface area (Å²) in [6.07, 6.45) is -3.15. The molecule has 3 aromatic rings. The van der Waals surface area contributed by atoms with Crippen LogP contribution in [0.4, 0.5) is 13.2 Å². The van der Waals surface area contributed by atoms with Gasteiger partial charge >= 0.3 is 12.3 Å². The van der Waals surface area contributed by atoms with Crippen molar-refractivity contribution in [1.82, 2.24) is 9.78 Å². The summed E-state index contributed by atoms with van der Waals surface area (Å²) in [5.74, 6) is -0.735. The number of alkyl halides is 3. The normalized spacial score (nSPS) is 11.5. The molecule has 0 saturated carbocycles. The molecule has 1 heterocycles. The number of ether oxygens (including phenoxy) is 2. The van der Waals surface area contributed by atoms with Crippen molar-refractivity contribution in [3.05, 3.63) is 59.8 Å². The summed E-state index contributed by atoms with van der Waals surface area (Å²) in [7, 11) is 1.30. The second-order valence-corrected chi connectivity index (χ2v) is 5.26. The zero-order valence-electron chi connectivity index (χ0n) is 13.1. The molecule has 1 aromatic heterocycles. The lowest BCUT2D eigenvalue weighted by molar-refractivity contribution is -0.274. The molecule has 8 heteroatoms. The molecule has 0 amide bonds. The lowest BCUT2D eigenvalue weighted by atomic mass is 10.1. The highest BCUT2D eigenvalue weighted by Crippen LogP contribution is 2.24. The highest BCUT2D eigenvalue weighted by Gasteiger charge is 2.31. The van der Waals surface area contributed by atoms with Crippen LogP contribution in [0.3, 0.4) is 0 Å². The fourth-order valence-electron chi connectivity index (χ4n) is 2.47. The summed E-state index contributed by atoms with van der Waals surface area (Å²) in [5.41, 5.74) is 1.74. The average molecular weight is 350 g/mol. The second-order valence-electron chi connectivity index (χ2n) is 5.26. The van der Waals surface area contributed by atoms with Crippen LogP contribution in [0.25, 0.3) is 10.9 Å². The molecule has 0 N–H and O–H groups in total. The Balaban J connectivity index is 1.86. The molecule has 25 heavy (non-hydrogen) atoms. The van der Waals surface area contributed by atoms with E-state index < -0.39 is 12.3 Å². The monoisotopic (exact) mass is 350 g/mol. The molecule has 0 aliphatic carbocycles. The molecule has 5 nitrogen and oxygen atoms in total. The summed E-state index contributed by atoms with van der Waals surface area (Å²) >= 11 is 0. The first-order chi connectivity index (χ1) is 11.9. The fourth-order valence-corrected chi connectivity index (χ4v) is 2.47. The number of carbonyl (C=O) groups is 1. The van der Waals surface area contributed by atoms with Crippen LogP contribution in [0.15, 0.2) is 48.7 Å². The van der Waals surface area contributed by atoms with Crippen molar-refractivity contribution in [3.63, 3.8) is 0 Å². The lowest BCUT2D eigenvalue weighted by Gasteiger charge is -2.10. The third kappa shape index (κ3) is 3.90. The quantitative estimate of drug-likeness (QED) is 0.672. The Hall–Kier alpha value is -3.03. The van der Waals surface area contributed by atoms with Crippen molar-refractivity contribution < 1.29 is 27.4 Å². The summed E-state index contributed by atoms with van der Waals surface area (Å²) in [6, 6.07) is 10.7. The summed E-state index contributed by atoms with van der Waals surface area (Å²) in [6.45, 7) is 0.260. The standard InChI is InChI=1S/C17H13F3N2O3/c1-24-16(23)12-5-6-15-13(8-12)9-21-22(15)10-11-3-2-4-14(7-11)25-17(18,19)20/h2-9H,10H2,1H3. The van der Waals surface area contributed by atoms with Gasteiger partial charge in [0.2, 0.25) is 0 Å². The van der Waals surface area contributed by atoms with Gasteiger partial charge in [0.1, 0.15) is 5.75 Å². The van der Waals surface area contributed by atoms with Crippen molar-refractivity contribution in [1.29, 1.82) is 0 Å². The van der Waals surface area contributed by atoms with E-state index in [9.17, 15) is 18.0 Å². The first-order valence-corrected chi connectivity index (χ1v) is 7.24. The third-order valence-corrected chi connectivity index (χ3v) is 3.53. The number of fused-ring (bicyclic) bond motifs is 1. The van der Waals surface area contributed by atoms with Gasteiger partial charge in [0.25, 0.3) is 0 Å². The lowest BCUT2D eigenvalue weighted by Crippen LogP contribution is -2.17. The average Bonchev–Trinajstić information content (AvgIpc) is 2.95. The van der Waals surface area contributed by atoms with Gasteiger partial charge in [-0.25, -0.2) is 4.79 Å². The zero-order valence-corrected chi connectivity index (χ0v) is 13.1. The number of esters is 1. The van der Waals surface area contributed by atoms with Gasteiger partial charge in [0.05, 0.1) is 30.9 Å². The molecule has 0 bridgehead atoms. The van der Waals surface area contributed by atoms with Crippen LogP contribution in [-0.2, 0) is 11.3 Å². The maximum absolute atomic E-state index is 12.3. The van der Waals surface area contributed by atoms with E-state index in [2.05, 4.69) is 14.6 Å². The molecular weight excluding hydrogens is 337 g/mol. The Labute approximate surface area is 140 Å². The predicted octanol–water partition coefficient (Wildman–Crippen LogP) is 3.77. The van der Waals surface area contributed by atoms with E-state index in [-0.39, 0.29) is 12.3 Å². The SMILES string of the molecule is COC(=O)c1ccc2c(cnn2Cc2cccc(OC(F)(F)F)c2)c1. The summed E-state index contributed by atoms with van der Waals surface area (Å²) in [4.78, 5) is 11.6. The molecule has 130 valence electrons. The third-order valence-electron chi connectivity index (χ3n) is 3.53. The largest absolute Gasteiger partial charge is 0.573 e. The highest BCUT2D eigenvalue weighted by molar-refractivity contribution is 5.94. The molecule has 0 saturated heterocycles. The van der Waals surface area contributed by atoms with Crippen molar-refractivity contribution in [2.45, 2.75) is 12.9 Å². The van der Waals surface area contributed by atoms with Crippen molar-refractivity contribution >= 4 is 16.9 Å². The molecule has 2 aromatic carbocycles. The number of methoxy groups -OCH3 is 1. The predicted molar refractivity (Wildman–Crippen MR) is 83.3 cm³/mol. The van der Waals surface area contributed by atoms with Gasteiger partial charge in [0.15, 0.2) is 0 Å².